The lowest BCUT2D eigenvalue weighted by Crippen LogP contribution is -1.97. The van der Waals surface area contributed by atoms with Crippen LogP contribution in [0.2, 0.25) is 0 Å². The molecule has 2 rings (SSSR count). The van der Waals surface area contributed by atoms with Crippen LogP contribution >= 0.6 is 0 Å². The van der Waals surface area contributed by atoms with E-state index in [9.17, 15) is 5.11 Å². The van der Waals surface area contributed by atoms with Gasteiger partial charge in [-0.15, -0.1) is 0 Å². The van der Waals surface area contributed by atoms with Gasteiger partial charge in [0.15, 0.2) is 0 Å². The molecule has 0 bridgehead atoms. The van der Waals surface area contributed by atoms with Gasteiger partial charge in [0.05, 0.1) is 11.7 Å². The van der Waals surface area contributed by atoms with Gasteiger partial charge in [-0.3, -0.25) is 4.68 Å². The van der Waals surface area contributed by atoms with Gasteiger partial charge in [-0.2, -0.15) is 5.10 Å². The lowest BCUT2D eigenvalue weighted by atomic mass is 10.2. The second-order valence-electron chi connectivity index (χ2n) is 3.11. The van der Waals surface area contributed by atoms with Gasteiger partial charge in [-0.25, -0.2) is 0 Å². The Hall–Kier alpha value is -1.51. The number of benzene rings is 1. The van der Waals surface area contributed by atoms with Crippen molar-refractivity contribution >= 4 is 10.9 Å². The Morgan fingerprint density at radius 1 is 1.46 bits per heavy atom. The van der Waals surface area contributed by atoms with E-state index in [-0.39, 0.29) is 0 Å². The van der Waals surface area contributed by atoms with Crippen molar-refractivity contribution in [2.75, 3.05) is 0 Å². The van der Waals surface area contributed by atoms with Crippen LogP contribution in [0.1, 0.15) is 13.3 Å². The Balaban J connectivity index is 2.58. The minimum Gasteiger partial charge on any atom is -0.508 e. The van der Waals surface area contributed by atoms with Crippen LogP contribution in [0, 0.1) is 0 Å². The summed E-state index contributed by atoms with van der Waals surface area (Å²) in [6.07, 6.45) is 2.87. The number of hydrogen-bond donors (Lipinski definition) is 1. The van der Waals surface area contributed by atoms with E-state index in [1.807, 2.05) is 16.9 Å². The quantitative estimate of drug-likeness (QED) is 0.761. The largest absolute Gasteiger partial charge is 0.508 e. The van der Waals surface area contributed by atoms with Crippen LogP contribution in [-0.2, 0) is 6.54 Å². The van der Waals surface area contributed by atoms with Crippen molar-refractivity contribution in [2.24, 2.45) is 0 Å². The van der Waals surface area contributed by atoms with Gasteiger partial charge in [-0.05, 0) is 18.6 Å². The number of aryl methyl sites for hydroxylation is 1. The first-order chi connectivity index (χ1) is 6.31. The summed E-state index contributed by atoms with van der Waals surface area (Å²) in [6, 6.07) is 5.31. The smallest absolute Gasteiger partial charge is 0.117 e. The lowest BCUT2D eigenvalue weighted by Gasteiger charge is -2.00. The van der Waals surface area contributed by atoms with Gasteiger partial charge in [0, 0.05) is 18.0 Å². The van der Waals surface area contributed by atoms with Crippen molar-refractivity contribution in [3.8, 4) is 5.75 Å². The third-order valence-electron chi connectivity index (χ3n) is 2.06. The van der Waals surface area contributed by atoms with Crippen molar-refractivity contribution in [2.45, 2.75) is 19.9 Å². The van der Waals surface area contributed by atoms with Crippen LogP contribution in [0.25, 0.3) is 10.9 Å². The lowest BCUT2D eigenvalue weighted by molar-refractivity contribution is 0.475. The van der Waals surface area contributed by atoms with E-state index in [0.29, 0.717) is 5.75 Å². The maximum absolute atomic E-state index is 9.30. The molecule has 1 aromatic carbocycles. The minimum atomic E-state index is 0.297. The predicted octanol–water partition coefficient (Wildman–Crippen LogP) is 2.15. The number of aromatic nitrogens is 2. The molecule has 2 aromatic rings. The summed E-state index contributed by atoms with van der Waals surface area (Å²) in [6.45, 7) is 3.00. The number of phenolic OH excluding ortho intramolecular Hbond substituents is 1. The first kappa shape index (κ1) is 8.10. The van der Waals surface area contributed by atoms with E-state index in [2.05, 4.69) is 12.0 Å². The SMILES string of the molecule is CCCn1ncc2ccc(O)cc21. The molecular weight excluding hydrogens is 164 g/mol. The third-order valence-corrected chi connectivity index (χ3v) is 2.06. The monoisotopic (exact) mass is 176 g/mol. The average Bonchev–Trinajstić information content (AvgIpc) is 2.49. The van der Waals surface area contributed by atoms with Crippen LogP contribution in [-0.4, -0.2) is 14.9 Å². The van der Waals surface area contributed by atoms with Gasteiger partial charge in [-0.1, -0.05) is 6.92 Å². The molecule has 0 spiro atoms. The van der Waals surface area contributed by atoms with E-state index < -0.39 is 0 Å². The molecular formula is C10H12N2O. The molecule has 0 amide bonds. The molecule has 0 saturated heterocycles. The van der Waals surface area contributed by atoms with E-state index in [1.165, 1.54) is 0 Å². The second kappa shape index (κ2) is 3.09. The molecule has 0 fully saturated rings. The zero-order valence-electron chi connectivity index (χ0n) is 7.57. The molecule has 68 valence electrons. The molecule has 1 heterocycles. The molecule has 3 heteroatoms. The highest BCUT2D eigenvalue weighted by Gasteiger charge is 2.01. The number of fused-ring (bicyclic) bond motifs is 1. The minimum absolute atomic E-state index is 0.297. The van der Waals surface area contributed by atoms with Crippen LogP contribution in [0.15, 0.2) is 24.4 Å². The first-order valence-corrected chi connectivity index (χ1v) is 4.46. The van der Waals surface area contributed by atoms with Crippen LogP contribution in [0.5, 0.6) is 5.75 Å². The normalized spacial score (nSPS) is 10.8. The summed E-state index contributed by atoms with van der Waals surface area (Å²) in [5.74, 6) is 0.297. The van der Waals surface area contributed by atoms with Crippen LogP contribution < -0.4 is 0 Å². The summed E-state index contributed by atoms with van der Waals surface area (Å²) in [7, 11) is 0. The van der Waals surface area contributed by atoms with E-state index >= 15 is 0 Å². The molecule has 1 aromatic heterocycles. The maximum Gasteiger partial charge on any atom is 0.117 e. The number of rotatable bonds is 2. The fraction of sp³-hybridized carbons (Fsp3) is 0.300. The van der Waals surface area contributed by atoms with Crippen molar-refractivity contribution in [1.29, 1.82) is 0 Å². The summed E-state index contributed by atoms with van der Waals surface area (Å²) in [4.78, 5) is 0. The van der Waals surface area contributed by atoms with Crippen molar-refractivity contribution in [3.05, 3.63) is 24.4 Å². The van der Waals surface area contributed by atoms with Crippen molar-refractivity contribution in [1.82, 2.24) is 9.78 Å². The van der Waals surface area contributed by atoms with Gasteiger partial charge >= 0.3 is 0 Å². The third kappa shape index (κ3) is 1.37. The molecule has 0 atom stereocenters. The maximum atomic E-state index is 9.30. The van der Waals surface area contributed by atoms with Crippen molar-refractivity contribution in [3.63, 3.8) is 0 Å². The fourth-order valence-electron chi connectivity index (χ4n) is 1.45. The highest BCUT2D eigenvalue weighted by Crippen LogP contribution is 2.19. The highest BCUT2D eigenvalue weighted by atomic mass is 16.3. The second-order valence-corrected chi connectivity index (χ2v) is 3.11. The van der Waals surface area contributed by atoms with Gasteiger partial charge in [0.1, 0.15) is 5.75 Å². The van der Waals surface area contributed by atoms with E-state index in [1.54, 1.807) is 12.1 Å². The zero-order valence-corrected chi connectivity index (χ0v) is 7.57. The number of hydrogen-bond acceptors (Lipinski definition) is 2. The molecule has 0 aliphatic heterocycles. The highest BCUT2D eigenvalue weighted by molar-refractivity contribution is 5.79. The molecule has 0 radical (unpaired) electrons. The first-order valence-electron chi connectivity index (χ1n) is 4.46. The number of nitrogens with zero attached hydrogens (tertiary/aromatic N) is 2. The Kier molecular flexibility index (Phi) is 1.93. The molecule has 0 saturated carbocycles. The predicted molar refractivity (Wildman–Crippen MR) is 51.7 cm³/mol. The summed E-state index contributed by atoms with van der Waals surface area (Å²) >= 11 is 0. The Morgan fingerprint density at radius 3 is 3.08 bits per heavy atom. The average molecular weight is 176 g/mol. The van der Waals surface area contributed by atoms with Gasteiger partial charge < -0.3 is 5.11 Å². The van der Waals surface area contributed by atoms with E-state index in [0.717, 1.165) is 23.9 Å². The van der Waals surface area contributed by atoms with Crippen LogP contribution in [0.3, 0.4) is 0 Å². The Morgan fingerprint density at radius 2 is 2.31 bits per heavy atom. The molecule has 0 aliphatic rings. The Bertz CT molecular complexity index is 420. The summed E-state index contributed by atoms with van der Waals surface area (Å²) in [5, 5.41) is 14.6. The standard InChI is InChI=1S/C10H12N2O/c1-2-5-12-10-6-9(13)4-3-8(10)7-11-12/h3-4,6-7,13H,2,5H2,1H3. The van der Waals surface area contributed by atoms with Crippen LogP contribution in [0.4, 0.5) is 0 Å². The van der Waals surface area contributed by atoms with E-state index in [4.69, 9.17) is 0 Å². The molecule has 0 unspecified atom stereocenters. The molecule has 1 N–H and O–H groups in total. The van der Waals surface area contributed by atoms with Gasteiger partial charge in [0.2, 0.25) is 0 Å². The Labute approximate surface area is 76.6 Å². The molecule has 3 nitrogen and oxygen atoms in total. The van der Waals surface area contributed by atoms with Gasteiger partial charge in [0.25, 0.3) is 0 Å². The number of phenols is 1. The fourth-order valence-corrected chi connectivity index (χ4v) is 1.45. The molecule has 0 aliphatic carbocycles. The summed E-state index contributed by atoms with van der Waals surface area (Å²) < 4.78 is 1.91. The zero-order chi connectivity index (χ0) is 9.26. The summed E-state index contributed by atoms with van der Waals surface area (Å²) in [5.41, 5.74) is 1.00. The van der Waals surface area contributed by atoms with Crippen molar-refractivity contribution < 1.29 is 5.11 Å². The molecule has 13 heavy (non-hydrogen) atoms. The number of aromatic hydroxyl groups is 1. The topological polar surface area (TPSA) is 38.0 Å².